The van der Waals surface area contributed by atoms with Crippen LogP contribution in [-0.4, -0.2) is 22.4 Å². The molecule has 3 N–H and O–H groups in total. The Kier molecular flexibility index (Phi) is 5.86. The van der Waals surface area contributed by atoms with Crippen LogP contribution in [-0.2, 0) is 11.3 Å². The fourth-order valence-corrected chi connectivity index (χ4v) is 3.65. The topological polar surface area (TPSA) is 55.1 Å². The third-order valence-electron chi connectivity index (χ3n) is 3.52. The molecule has 0 saturated carbocycles. The lowest BCUT2D eigenvalue weighted by Gasteiger charge is -2.20. The molecule has 1 amide bonds. The second-order valence-electron chi connectivity index (χ2n) is 5.10. The van der Waals surface area contributed by atoms with Gasteiger partial charge in [0, 0.05) is 18.5 Å². The Bertz CT molecular complexity index is 485. The van der Waals surface area contributed by atoms with Gasteiger partial charge in [0.2, 0.25) is 5.91 Å². The molecule has 0 aliphatic carbocycles. The molecular weight excluding hydrogens is 288 g/mol. The second-order valence-corrected chi connectivity index (χ2v) is 6.77. The fourth-order valence-electron chi connectivity index (χ4n) is 2.32. The van der Waals surface area contributed by atoms with Gasteiger partial charge < -0.3 is 11.1 Å². The van der Waals surface area contributed by atoms with Crippen LogP contribution in [0.25, 0.3) is 0 Å². The minimum Gasteiger partial charge on any atom is -0.389 e. The van der Waals surface area contributed by atoms with Gasteiger partial charge in [0.1, 0.15) is 4.99 Å². The van der Waals surface area contributed by atoms with E-state index in [9.17, 15) is 4.79 Å². The van der Waals surface area contributed by atoms with Crippen LogP contribution in [0.4, 0.5) is 0 Å². The summed E-state index contributed by atoms with van der Waals surface area (Å²) in [6, 6.07) is 7.70. The summed E-state index contributed by atoms with van der Waals surface area (Å²) in [6.07, 6.45) is 2.97. The number of nitrogens with two attached hydrogens (primary N) is 1. The molecule has 0 unspecified atom stereocenters. The van der Waals surface area contributed by atoms with E-state index < -0.39 is 0 Å². The molecule has 1 fully saturated rings. The van der Waals surface area contributed by atoms with Crippen LogP contribution >= 0.6 is 24.0 Å². The number of rotatable bonds is 5. The van der Waals surface area contributed by atoms with E-state index in [4.69, 9.17) is 18.0 Å². The van der Waals surface area contributed by atoms with Crippen LogP contribution in [0, 0.1) is 5.92 Å². The van der Waals surface area contributed by atoms with Crippen LogP contribution in [0.15, 0.2) is 24.3 Å². The van der Waals surface area contributed by atoms with Gasteiger partial charge in [0.15, 0.2) is 0 Å². The van der Waals surface area contributed by atoms with E-state index in [1.165, 1.54) is 11.5 Å². The first kappa shape index (κ1) is 15.3. The van der Waals surface area contributed by atoms with Crippen molar-refractivity contribution in [2.75, 3.05) is 11.5 Å². The van der Waals surface area contributed by atoms with Gasteiger partial charge >= 0.3 is 0 Å². The van der Waals surface area contributed by atoms with Crippen molar-refractivity contribution < 1.29 is 4.79 Å². The molecule has 5 heteroatoms. The molecule has 1 saturated heterocycles. The molecule has 0 atom stereocenters. The quantitative estimate of drug-likeness (QED) is 0.821. The zero-order valence-corrected chi connectivity index (χ0v) is 13.1. The van der Waals surface area contributed by atoms with Crippen molar-refractivity contribution in [3.63, 3.8) is 0 Å². The van der Waals surface area contributed by atoms with Crippen LogP contribution in [0.1, 0.15) is 30.4 Å². The standard InChI is InChI=1S/C15H20N2OS2/c16-15(19)13-3-1-2-12(8-13)10-17-14(18)9-11-4-6-20-7-5-11/h1-3,8,11H,4-7,9-10H2,(H2,16,19)(H,17,18). The van der Waals surface area contributed by atoms with E-state index in [0.717, 1.165) is 24.0 Å². The molecule has 2 rings (SSSR count). The van der Waals surface area contributed by atoms with Gasteiger partial charge in [-0.25, -0.2) is 0 Å². The van der Waals surface area contributed by atoms with Crippen molar-refractivity contribution in [1.29, 1.82) is 0 Å². The van der Waals surface area contributed by atoms with Crippen molar-refractivity contribution in [1.82, 2.24) is 5.32 Å². The number of amides is 1. The predicted molar refractivity (Wildman–Crippen MR) is 88.8 cm³/mol. The molecule has 20 heavy (non-hydrogen) atoms. The van der Waals surface area contributed by atoms with Crippen LogP contribution < -0.4 is 11.1 Å². The highest BCUT2D eigenvalue weighted by Gasteiger charge is 2.16. The summed E-state index contributed by atoms with van der Waals surface area (Å²) >= 11 is 6.94. The van der Waals surface area contributed by atoms with E-state index in [0.29, 0.717) is 23.9 Å². The second kappa shape index (κ2) is 7.64. The van der Waals surface area contributed by atoms with E-state index in [2.05, 4.69) is 5.32 Å². The average Bonchev–Trinajstić information content (AvgIpc) is 2.46. The Hall–Kier alpha value is -1.07. The Morgan fingerprint density at radius 3 is 2.85 bits per heavy atom. The maximum atomic E-state index is 11.9. The third kappa shape index (κ3) is 4.80. The Balaban J connectivity index is 1.80. The van der Waals surface area contributed by atoms with Gasteiger partial charge in [0.05, 0.1) is 0 Å². The monoisotopic (exact) mass is 308 g/mol. The van der Waals surface area contributed by atoms with Gasteiger partial charge in [-0.3, -0.25) is 4.79 Å². The zero-order chi connectivity index (χ0) is 14.4. The van der Waals surface area contributed by atoms with Crippen molar-refractivity contribution in [2.45, 2.75) is 25.8 Å². The highest BCUT2D eigenvalue weighted by molar-refractivity contribution is 7.99. The first-order chi connectivity index (χ1) is 9.65. The first-order valence-corrected chi connectivity index (χ1v) is 8.44. The van der Waals surface area contributed by atoms with E-state index in [-0.39, 0.29) is 5.91 Å². The van der Waals surface area contributed by atoms with Gasteiger partial charge in [-0.05, 0) is 41.9 Å². The molecular formula is C15H20N2OS2. The van der Waals surface area contributed by atoms with Crippen LogP contribution in [0.3, 0.4) is 0 Å². The summed E-state index contributed by atoms with van der Waals surface area (Å²) in [4.78, 5) is 12.3. The first-order valence-electron chi connectivity index (χ1n) is 6.88. The lowest BCUT2D eigenvalue weighted by atomic mass is 9.98. The third-order valence-corrected chi connectivity index (χ3v) is 4.80. The predicted octanol–water partition coefficient (Wildman–Crippen LogP) is 2.47. The molecule has 0 bridgehead atoms. The minimum atomic E-state index is 0.141. The summed E-state index contributed by atoms with van der Waals surface area (Å²) < 4.78 is 0. The summed E-state index contributed by atoms with van der Waals surface area (Å²) in [6.45, 7) is 0.538. The number of nitrogens with one attached hydrogen (secondary N) is 1. The number of thiocarbonyl (C=S) groups is 1. The van der Waals surface area contributed by atoms with E-state index >= 15 is 0 Å². The highest BCUT2D eigenvalue weighted by Crippen LogP contribution is 2.25. The maximum Gasteiger partial charge on any atom is 0.220 e. The highest BCUT2D eigenvalue weighted by atomic mass is 32.2. The largest absolute Gasteiger partial charge is 0.389 e. The summed E-state index contributed by atoms with van der Waals surface area (Å²) in [5.74, 6) is 3.07. The normalized spacial score (nSPS) is 15.8. The van der Waals surface area contributed by atoms with E-state index in [1.807, 2.05) is 36.0 Å². The summed E-state index contributed by atoms with van der Waals surface area (Å²) in [5, 5.41) is 2.98. The van der Waals surface area contributed by atoms with E-state index in [1.54, 1.807) is 0 Å². The lowest BCUT2D eigenvalue weighted by Crippen LogP contribution is -2.26. The molecule has 1 aromatic carbocycles. The number of hydrogen-bond donors (Lipinski definition) is 2. The fraction of sp³-hybridized carbons (Fsp3) is 0.467. The molecule has 0 aromatic heterocycles. The Morgan fingerprint density at radius 2 is 2.15 bits per heavy atom. The van der Waals surface area contributed by atoms with Crippen molar-refractivity contribution in [2.24, 2.45) is 11.7 Å². The van der Waals surface area contributed by atoms with Crippen molar-refractivity contribution in [3.05, 3.63) is 35.4 Å². The molecule has 1 aliphatic rings. The molecule has 0 radical (unpaired) electrons. The summed E-state index contributed by atoms with van der Waals surface area (Å²) in [5.41, 5.74) is 7.48. The number of benzene rings is 1. The Labute approximate surface area is 129 Å². The molecule has 1 heterocycles. The Morgan fingerprint density at radius 1 is 1.40 bits per heavy atom. The summed E-state index contributed by atoms with van der Waals surface area (Å²) in [7, 11) is 0. The van der Waals surface area contributed by atoms with Gasteiger partial charge in [0.25, 0.3) is 0 Å². The van der Waals surface area contributed by atoms with Gasteiger partial charge in [-0.15, -0.1) is 0 Å². The number of thioether (sulfide) groups is 1. The number of carbonyl (C=O) groups excluding carboxylic acids is 1. The molecule has 3 nitrogen and oxygen atoms in total. The number of carbonyl (C=O) groups is 1. The molecule has 0 spiro atoms. The molecule has 1 aromatic rings. The lowest BCUT2D eigenvalue weighted by molar-refractivity contribution is -0.122. The molecule has 108 valence electrons. The molecule has 1 aliphatic heterocycles. The van der Waals surface area contributed by atoms with Crippen molar-refractivity contribution in [3.8, 4) is 0 Å². The number of hydrogen-bond acceptors (Lipinski definition) is 3. The van der Waals surface area contributed by atoms with Crippen LogP contribution in [0.2, 0.25) is 0 Å². The minimum absolute atomic E-state index is 0.141. The maximum absolute atomic E-state index is 11.9. The smallest absolute Gasteiger partial charge is 0.220 e. The van der Waals surface area contributed by atoms with Gasteiger partial charge in [-0.1, -0.05) is 30.4 Å². The average molecular weight is 308 g/mol. The van der Waals surface area contributed by atoms with Crippen LogP contribution in [0.5, 0.6) is 0 Å². The van der Waals surface area contributed by atoms with Gasteiger partial charge in [-0.2, -0.15) is 11.8 Å². The van der Waals surface area contributed by atoms with Crippen molar-refractivity contribution >= 4 is 34.9 Å². The SMILES string of the molecule is NC(=S)c1cccc(CNC(=O)CC2CCSCC2)c1. The zero-order valence-electron chi connectivity index (χ0n) is 11.4.